The van der Waals surface area contributed by atoms with Gasteiger partial charge in [-0.25, -0.2) is 4.79 Å². The summed E-state index contributed by atoms with van der Waals surface area (Å²) in [6.45, 7) is 2.61. The number of nitrogens with zero attached hydrogens (tertiary/aromatic N) is 1. The van der Waals surface area contributed by atoms with E-state index in [9.17, 15) is 4.79 Å². The molecule has 3 N–H and O–H groups in total. The molecule has 2 rings (SSSR count). The van der Waals surface area contributed by atoms with Crippen molar-refractivity contribution in [2.24, 2.45) is 5.73 Å². The van der Waals surface area contributed by atoms with Crippen LogP contribution >= 0.6 is 0 Å². The van der Waals surface area contributed by atoms with Crippen LogP contribution in [0.5, 0.6) is 0 Å². The molecule has 0 aromatic heterocycles. The molecular weight excluding hydrogens is 166 g/mol. The number of primary amides is 1. The molecular formula is C9H15N3O. The molecule has 0 bridgehead atoms. The van der Waals surface area contributed by atoms with Gasteiger partial charge in [-0.1, -0.05) is 12.2 Å². The summed E-state index contributed by atoms with van der Waals surface area (Å²) >= 11 is 0. The fourth-order valence-electron chi connectivity index (χ4n) is 2.25. The summed E-state index contributed by atoms with van der Waals surface area (Å²) in [5, 5.41) is 3.28. The lowest BCUT2D eigenvalue weighted by Gasteiger charge is -2.40. The van der Waals surface area contributed by atoms with E-state index < -0.39 is 0 Å². The maximum Gasteiger partial charge on any atom is 0.315 e. The molecule has 0 atom stereocenters. The Bertz CT molecular complexity index is 243. The highest BCUT2D eigenvalue weighted by Crippen LogP contribution is 2.31. The standard InChI is InChI=1S/C9H15N3O/c10-8(13)12-7-1-2-9(12)3-5-11-6-4-9/h1-2,11H,3-7H2,(H2,10,13). The molecule has 0 aromatic carbocycles. The van der Waals surface area contributed by atoms with Crippen molar-refractivity contribution in [2.45, 2.75) is 18.4 Å². The first-order chi connectivity index (χ1) is 6.25. The van der Waals surface area contributed by atoms with Crippen LogP contribution in [0.2, 0.25) is 0 Å². The second kappa shape index (κ2) is 3.03. The Labute approximate surface area is 77.8 Å². The maximum atomic E-state index is 11.2. The van der Waals surface area contributed by atoms with Gasteiger partial charge in [0.2, 0.25) is 0 Å². The zero-order valence-corrected chi connectivity index (χ0v) is 7.62. The van der Waals surface area contributed by atoms with Crippen molar-refractivity contribution in [3.63, 3.8) is 0 Å². The third-order valence-electron chi connectivity index (χ3n) is 2.99. The van der Waals surface area contributed by atoms with E-state index in [1.165, 1.54) is 0 Å². The van der Waals surface area contributed by atoms with Crippen LogP contribution in [0.1, 0.15) is 12.8 Å². The Morgan fingerprint density at radius 3 is 2.77 bits per heavy atom. The molecule has 2 aliphatic heterocycles. The minimum absolute atomic E-state index is 0.0723. The highest BCUT2D eigenvalue weighted by Gasteiger charge is 2.39. The number of carbonyl (C=O) groups is 1. The number of amides is 2. The predicted octanol–water partition coefficient (Wildman–Crippen LogP) is 0.0591. The third kappa shape index (κ3) is 1.31. The number of piperidine rings is 1. The average Bonchev–Trinajstić information content (AvgIpc) is 2.50. The smallest absolute Gasteiger partial charge is 0.315 e. The van der Waals surface area contributed by atoms with Crippen LogP contribution < -0.4 is 11.1 Å². The van der Waals surface area contributed by atoms with Crippen molar-refractivity contribution in [1.29, 1.82) is 0 Å². The summed E-state index contributed by atoms with van der Waals surface area (Å²) in [4.78, 5) is 12.9. The monoisotopic (exact) mass is 181 g/mol. The molecule has 1 saturated heterocycles. The second-order valence-corrected chi connectivity index (χ2v) is 3.70. The molecule has 1 fully saturated rings. The zero-order valence-electron chi connectivity index (χ0n) is 7.62. The average molecular weight is 181 g/mol. The van der Waals surface area contributed by atoms with E-state index in [4.69, 9.17) is 5.73 Å². The van der Waals surface area contributed by atoms with Crippen molar-refractivity contribution in [1.82, 2.24) is 10.2 Å². The van der Waals surface area contributed by atoms with Gasteiger partial charge in [0.15, 0.2) is 0 Å². The molecule has 1 spiro atoms. The first-order valence-electron chi connectivity index (χ1n) is 4.70. The molecule has 4 heteroatoms. The number of urea groups is 1. The number of hydrogen-bond donors (Lipinski definition) is 2. The molecule has 2 aliphatic rings. The highest BCUT2D eigenvalue weighted by molar-refractivity contribution is 5.74. The molecule has 0 unspecified atom stereocenters. The van der Waals surface area contributed by atoms with Crippen molar-refractivity contribution >= 4 is 6.03 Å². The van der Waals surface area contributed by atoms with Crippen LogP contribution in [-0.4, -0.2) is 36.1 Å². The molecule has 0 aromatic rings. The number of rotatable bonds is 0. The van der Waals surface area contributed by atoms with Crippen LogP contribution in [0.25, 0.3) is 0 Å². The van der Waals surface area contributed by atoms with Gasteiger partial charge in [0.25, 0.3) is 0 Å². The Morgan fingerprint density at radius 1 is 1.46 bits per heavy atom. The summed E-state index contributed by atoms with van der Waals surface area (Å²) in [6, 6.07) is -0.299. The summed E-state index contributed by atoms with van der Waals surface area (Å²) in [7, 11) is 0. The fourth-order valence-corrected chi connectivity index (χ4v) is 2.25. The predicted molar refractivity (Wildman–Crippen MR) is 50.3 cm³/mol. The summed E-state index contributed by atoms with van der Waals surface area (Å²) in [5.74, 6) is 0. The van der Waals surface area contributed by atoms with E-state index in [-0.39, 0.29) is 11.6 Å². The summed E-state index contributed by atoms with van der Waals surface area (Å²) in [6.07, 6.45) is 6.13. The van der Waals surface area contributed by atoms with E-state index in [2.05, 4.69) is 11.4 Å². The number of nitrogens with one attached hydrogen (secondary N) is 1. The van der Waals surface area contributed by atoms with Gasteiger partial charge in [-0.2, -0.15) is 0 Å². The quantitative estimate of drug-likeness (QED) is 0.519. The van der Waals surface area contributed by atoms with Gasteiger partial charge in [-0.05, 0) is 25.9 Å². The van der Waals surface area contributed by atoms with E-state index in [0.717, 1.165) is 25.9 Å². The van der Waals surface area contributed by atoms with E-state index in [1.54, 1.807) is 4.90 Å². The second-order valence-electron chi connectivity index (χ2n) is 3.70. The first kappa shape index (κ1) is 8.56. The van der Waals surface area contributed by atoms with Crippen molar-refractivity contribution in [3.8, 4) is 0 Å². The fraction of sp³-hybridized carbons (Fsp3) is 0.667. The van der Waals surface area contributed by atoms with E-state index in [0.29, 0.717) is 6.54 Å². The Morgan fingerprint density at radius 2 is 2.15 bits per heavy atom. The summed E-state index contributed by atoms with van der Waals surface area (Å²) in [5.41, 5.74) is 5.26. The topological polar surface area (TPSA) is 58.4 Å². The van der Waals surface area contributed by atoms with Gasteiger partial charge < -0.3 is 16.0 Å². The van der Waals surface area contributed by atoms with Gasteiger partial charge in [0.1, 0.15) is 0 Å². The van der Waals surface area contributed by atoms with Gasteiger partial charge in [0, 0.05) is 6.54 Å². The molecule has 0 aliphatic carbocycles. The lowest BCUT2D eigenvalue weighted by molar-refractivity contribution is 0.145. The lowest BCUT2D eigenvalue weighted by Crippen LogP contribution is -2.54. The van der Waals surface area contributed by atoms with Gasteiger partial charge >= 0.3 is 6.03 Å². The number of carbonyl (C=O) groups excluding carboxylic acids is 1. The minimum atomic E-state index is -0.299. The lowest BCUT2D eigenvalue weighted by atomic mass is 9.88. The molecule has 4 nitrogen and oxygen atoms in total. The minimum Gasteiger partial charge on any atom is -0.351 e. The Kier molecular flexibility index (Phi) is 2.00. The third-order valence-corrected chi connectivity index (χ3v) is 2.99. The highest BCUT2D eigenvalue weighted by atomic mass is 16.2. The molecule has 72 valence electrons. The molecule has 0 saturated carbocycles. The summed E-state index contributed by atoms with van der Waals surface area (Å²) < 4.78 is 0. The Hall–Kier alpha value is -1.03. The van der Waals surface area contributed by atoms with Crippen LogP contribution in [0.4, 0.5) is 4.79 Å². The van der Waals surface area contributed by atoms with Gasteiger partial charge in [0.05, 0.1) is 5.54 Å². The van der Waals surface area contributed by atoms with Gasteiger partial charge in [-0.3, -0.25) is 0 Å². The number of nitrogens with two attached hydrogens (primary N) is 1. The van der Waals surface area contributed by atoms with Crippen molar-refractivity contribution in [3.05, 3.63) is 12.2 Å². The van der Waals surface area contributed by atoms with Crippen molar-refractivity contribution in [2.75, 3.05) is 19.6 Å². The van der Waals surface area contributed by atoms with E-state index in [1.807, 2.05) is 6.08 Å². The molecule has 0 radical (unpaired) electrons. The SMILES string of the molecule is NC(=O)N1CC=CC12CCNCC2. The van der Waals surface area contributed by atoms with Crippen molar-refractivity contribution < 1.29 is 4.79 Å². The van der Waals surface area contributed by atoms with Gasteiger partial charge in [-0.15, -0.1) is 0 Å². The first-order valence-corrected chi connectivity index (χ1v) is 4.70. The molecule has 2 amide bonds. The van der Waals surface area contributed by atoms with Crippen LogP contribution in [0.3, 0.4) is 0 Å². The number of hydrogen-bond acceptors (Lipinski definition) is 2. The normalized spacial score (nSPS) is 25.4. The molecule has 2 heterocycles. The maximum absolute atomic E-state index is 11.2. The zero-order chi connectivity index (χ0) is 9.31. The van der Waals surface area contributed by atoms with Crippen LogP contribution in [-0.2, 0) is 0 Å². The van der Waals surface area contributed by atoms with E-state index >= 15 is 0 Å². The molecule has 13 heavy (non-hydrogen) atoms. The van der Waals surface area contributed by atoms with Crippen LogP contribution in [0.15, 0.2) is 12.2 Å². The largest absolute Gasteiger partial charge is 0.351 e. The van der Waals surface area contributed by atoms with Crippen LogP contribution in [0, 0.1) is 0 Å². The Balaban J connectivity index is 2.18.